The molecule has 0 saturated carbocycles. The molecular formula is C9H18N2O. The Morgan fingerprint density at radius 3 is 2.42 bits per heavy atom. The Balaban J connectivity index is 1.69. The molecule has 0 N–H and O–H groups in total. The molecule has 12 heavy (non-hydrogen) atoms. The summed E-state index contributed by atoms with van der Waals surface area (Å²) in [6.45, 7) is 6.59. The summed E-state index contributed by atoms with van der Waals surface area (Å²) in [5.41, 5.74) is 0. The zero-order chi connectivity index (χ0) is 8.23. The van der Waals surface area contributed by atoms with Gasteiger partial charge in [0.1, 0.15) is 6.73 Å². The van der Waals surface area contributed by atoms with Crippen LogP contribution in [0.3, 0.4) is 0 Å². The van der Waals surface area contributed by atoms with Crippen molar-refractivity contribution < 1.29 is 4.74 Å². The Bertz CT molecular complexity index is 128. The van der Waals surface area contributed by atoms with Crippen LogP contribution >= 0.6 is 0 Å². The second-order valence-corrected chi connectivity index (χ2v) is 3.75. The fourth-order valence-electron chi connectivity index (χ4n) is 1.95. The zero-order valence-corrected chi connectivity index (χ0v) is 7.67. The summed E-state index contributed by atoms with van der Waals surface area (Å²) in [4.78, 5) is 4.92. The lowest BCUT2D eigenvalue weighted by atomic mass is 10.1. The van der Waals surface area contributed by atoms with Crippen molar-refractivity contribution in [3.63, 3.8) is 0 Å². The van der Waals surface area contributed by atoms with E-state index in [-0.39, 0.29) is 0 Å². The third kappa shape index (κ3) is 2.19. The van der Waals surface area contributed by atoms with Crippen molar-refractivity contribution in [1.29, 1.82) is 0 Å². The molecule has 3 heteroatoms. The normalized spacial score (nSPS) is 28.0. The summed E-state index contributed by atoms with van der Waals surface area (Å²) in [7, 11) is 0. The molecule has 0 aromatic heterocycles. The van der Waals surface area contributed by atoms with Crippen LogP contribution in [-0.2, 0) is 4.74 Å². The molecule has 0 aromatic carbocycles. The van der Waals surface area contributed by atoms with Crippen molar-refractivity contribution in [2.24, 2.45) is 0 Å². The van der Waals surface area contributed by atoms with Crippen molar-refractivity contribution in [3.8, 4) is 0 Å². The quantitative estimate of drug-likeness (QED) is 0.607. The highest BCUT2D eigenvalue weighted by molar-refractivity contribution is 4.66. The van der Waals surface area contributed by atoms with Gasteiger partial charge in [-0.15, -0.1) is 0 Å². The number of ether oxygens (including phenoxy) is 1. The van der Waals surface area contributed by atoms with Crippen molar-refractivity contribution >= 4 is 0 Å². The Labute approximate surface area is 74.3 Å². The number of piperidine rings is 1. The molecular weight excluding hydrogens is 152 g/mol. The molecule has 70 valence electrons. The lowest BCUT2D eigenvalue weighted by Gasteiger charge is -2.29. The maximum atomic E-state index is 5.30. The number of likely N-dealkylation sites (tertiary alicyclic amines) is 1. The molecule has 0 unspecified atom stereocenters. The average molecular weight is 170 g/mol. The first-order valence-corrected chi connectivity index (χ1v) is 4.97. The van der Waals surface area contributed by atoms with Gasteiger partial charge in [-0.1, -0.05) is 6.42 Å². The number of hydrogen-bond donors (Lipinski definition) is 0. The Morgan fingerprint density at radius 1 is 0.917 bits per heavy atom. The van der Waals surface area contributed by atoms with Gasteiger partial charge in [0.2, 0.25) is 0 Å². The van der Waals surface area contributed by atoms with Crippen LogP contribution in [0, 0.1) is 0 Å². The smallest absolute Gasteiger partial charge is 0.100 e. The molecule has 0 spiro atoms. The number of hydrogen-bond acceptors (Lipinski definition) is 3. The van der Waals surface area contributed by atoms with Crippen molar-refractivity contribution in [2.45, 2.75) is 19.3 Å². The third-order valence-electron chi connectivity index (χ3n) is 2.67. The van der Waals surface area contributed by atoms with Crippen LogP contribution in [0.5, 0.6) is 0 Å². The monoisotopic (exact) mass is 170 g/mol. The van der Waals surface area contributed by atoms with E-state index in [9.17, 15) is 0 Å². The summed E-state index contributed by atoms with van der Waals surface area (Å²) < 4.78 is 5.30. The molecule has 2 aliphatic rings. The van der Waals surface area contributed by atoms with Gasteiger partial charge in [-0.25, -0.2) is 0 Å². The second kappa shape index (κ2) is 4.21. The first-order chi connectivity index (χ1) is 5.95. The average Bonchev–Trinajstić information content (AvgIpc) is 2.59. The van der Waals surface area contributed by atoms with E-state index in [2.05, 4.69) is 9.80 Å². The third-order valence-corrected chi connectivity index (χ3v) is 2.67. The van der Waals surface area contributed by atoms with Gasteiger partial charge in [0.25, 0.3) is 0 Å². The van der Waals surface area contributed by atoms with E-state index >= 15 is 0 Å². The largest absolute Gasteiger partial charge is 0.365 e. The maximum absolute atomic E-state index is 5.30. The second-order valence-electron chi connectivity index (χ2n) is 3.75. The van der Waals surface area contributed by atoms with Crippen LogP contribution in [0.25, 0.3) is 0 Å². The first kappa shape index (κ1) is 8.48. The van der Waals surface area contributed by atoms with E-state index in [4.69, 9.17) is 4.74 Å². The van der Waals surface area contributed by atoms with Crippen LogP contribution in [0.15, 0.2) is 0 Å². The van der Waals surface area contributed by atoms with Crippen LogP contribution < -0.4 is 0 Å². The van der Waals surface area contributed by atoms with E-state index < -0.39 is 0 Å². The molecule has 2 heterocycles. The van der Waals surface area contributed by atoms with Crippen LogP contribution in [0.2, 0.25) is 0 Å². The Hall–Kier alpha value is -0.120. The van der Waals surface area contributed by atoms with Crippen LogP contribution in [-0.4, -0.2) is 49.4 Å². The van der Waals surface area contributed by atoms with E-state index in [1.165, 1.54) is 32.4 Å². The highest BCUT2D eigenvalue weighted by Gasteiger charge is 2.16. The molecule has 0 bridgehead atoms. The molecule has 2 saturated heterocycles. The SMILES string of the molecule is C1CCN(CN2CCOC2)CC1. The van der Waals surface area contributed by atoms with E-state index in [1.54, 1.807) is 0 Å². The molecule has 3 nitrogen and oxygen atoms in total. The van der Waals surface area contributed by atoms with E-state index in [1.807, 2.05) is 0 Å². The molecule has 0 atom stereocenters. The zero-order valence-electron chi connectivity index (χ0n) is 7.67. The fourth-order valence-corrected chi connectivity index (χ4v) is 1.95. The van der Waals surface area contributed by atoms with Gasteiger partial charge >= 0.3 is 0 Å². The fraction of sp³-hybridized carbons (Fsp3) is 1.00. The minimum absolute atomic E-state index is 0.844. The summed E-state index contributed by atoms with van der Waals surface area (Å²) >= 11 is 0. The highest BCUT2D eigenvalue weighted by Crippen LogP contribution is 2.10. The van der Waals surface area contributed by atoms with Crippen molar-refractivity contribution in [1.82, 2.24) is 9.80 Å². The minimum Gasteiger partial charge on any atom is -0.365 e. The first-order valence-electron chi connectivity index (χ1n) is 4.97. The van der Waals surface area contributed by atoms with Gasteiger partial charge in [0.05, 0.1) is 13.3 Å². The molecule has 2 fully saturated rings. The van der Waals surface area contributed by atoms with Gasteiger partial charge in [0, 0.05) is 6.54 Å². The molecule has 0 aromatic rings. The Morgan fingerprint density at radius 2 is 1.75 bits per heavy atom. The molecule has 0 amide bonds. The topological polar surface area (TPSA) is 15.7 Å². The van der Waals surface area contributed by atoms with E-state index in [0.29, 0.717) is 0 Å². The highest BCUT2D eigenvalue weighted by atomic mass is 16.5. The minimum atomic E-state index is 0.844. The van der Waals surface area contributed by atoms with Crippen LogP contribution in [0.4, 0.5) is 0 Å². The lowest BCUT2D eigenvalue weighted by molar-refractivity contribution is 0.0819. The lowest BCUT2D eigenvalue weighted by Crippen LogP contribution is -2.39. The standard InChI is InChI=1S/C9H18N2O/c1-2-4-10(5-3-1)8-11-6-7-12-9-11/h1-9H2. The molecule has 2 rings (SSSR count). The van der Waals surface area contributed by atoms with Crippen LogP contribution in [0.1, 0.15) is 19.3 Å². The summed E-state index contributed by atoms with van der Waals surface area (Å²) in [5.74, 6) is 0. The number of nitrogens with zero attached hydrogens (tertiary/aromatic N) is 2. The number of rotatable bonds is 2. The maximum Gasteiger partial charge on any atom is 0.100 e. The van der Waals surface area contributed by atoms with Gasteiger partial charge in [-0.05, 0) is 25.9 Å². The predicted molar refractivity (Wildman–Crippen MR) is 47.8 cm³/mol. The van der Waals surface area contributed by atoms with Crippen molar-refractivity contribution in [2.75, 3.05) is 39.6 Å². The molecule has 0 aliphatic carbocycles. The Kier molecular flexibility index (Phi) is 2.98. The van der Waals surface area contributed by atoms with E-state index in [0.717, 1.165) is 26.6 Å². The molecule has 0 radical (unpaired) electrons. The van der Waals surface area contributed by atoms with Gasteiger partial charge < -0.3 is 4.74 Å². The predicted octanol–water partition coefficient (Wildman–Crippen LogP) is 0.720. The van der Waals surface area contributed by atoms with Gasteiger partial charge in [-0.3, -0.25) is 9.80 Å². The summed E-state index contributed by atoms with van der Waals surface area (Å²) in [6.07, 6.45) is 4.19. The summed E-state index contributed by atoms with van der Waals surface area (Å²) in [6, 6.07) is 0. The van der Waals surface area contributed by atoms with Gasteiger partial charge in [-0.2, -0.15) is 0 Å². The molecule has 2 aliphatic heterocycles. The van der Waals surface area contributed by atoms with Crippen molar-refractivity contribution in [3.05, 3.63) is 0 Å². The van der Waals surface area contributed by atoms with Gasteiger partial charge in [0.15, 0.2) is 0 Å². The summed E-state index contributed by atoms with van der Waals surface area (Å²) in [5, 5.41) is 0.